The molecule has 50 heavy (non-hydrogen) atoms. The van der Waals surface area contributed by atoms with Crippen LogP contribution in [0.1, 0.15) is 105 Å². The average molecular weight is 705 g/mol. The highest BCUT2D eigenvalue weighted by Crippen LogP contribution is 2.28. The van der Waals surface area contributed by atoms with Gasteiger partial charge in [-0.2, -0.15) is 0 Å². The number of nitrogens with zero attached hydrogens (tertiary/aromatic N) is 2. The minimum atomic E-state index is -1.53. The number of likely N-dealkylation sites (tertiary alicyclic amines) is 2. The highest BCUT2D eigenvalue weighted by atomic mass is 16.5. The molecule has 1 unspecified atom stereocenters. The number of aliphatic hydroxyl groups excluding tert-OH is 1. The van der Waals surface area contributed by atoms with E-state index in [4.69, 9.17) is 11.7 Å². The van der Waals surface area contributed by atoms with E-state index in [9.17, 15) is 33.9 Å². The molecule has 0 spiro atoms. The van der Waals surface area contributed by atoms with Crippen LogP contribution < -0.4 is 21.3 Å². The van der Waals surface area contributed by atoms with Crippen molar-refractivity contribution in [2.75, 3.05) is 26.7 Å². The first-order chi connectivity index (χ1) is 23.8. The molecule has 0 aromatic carbocycles. The predicted octanol–water partition coefficient (Wildman–Crippen LogP) is 1.07. The number of piperidine rings is 1. The van der Waals surface area contributed by atoms with Gasteiger partial charge in [0.25, 0.3) is 0 Å². The lowest BCUT2D eigenvalue weighted by Crippen LogP contribution is -2.61. The normalized spacial score (nSPS) is 23.8. The average Bonchev–Trinajstić information content (AvgIpc) is 3.55. The van der Waals surface area contributed by atoms with E-state index >= 15 is 0 Å². The highest BCUT2D eigenvalue weighted by molar-refractivity contribution is 5.97. The molecule has 14 heteroatoms. The zero-order valence-electron chi connectivity index (χ0n) is 30.6. The van der Waals surface area contributed by atoms with E-state index in [0.29, 0.717) is 51.1 Å². The lowest BCUT2D eigenvalue weighted by molar-refractivity contribution is -0.147. The molecule has 2 heterocycles. The Balaban J connectivity index is 1.66. The van der Waals surface area contributed by atoms with Crippen LogP contribution in [0.2, 0.25) is 0 Å². The minimum absolute atomic E-state index is 0.0168. The number of carbonyl (C=O) groups excluding carboxylic acids is 6. The quantitative estimate of drug-likeness (QED) is 0.158. The Kier molecular flexibility index (Phi) is 16.4. The van der Waals surface area contributed by atoms with E-state index in [1.54, 1.807) is 0 Å². The van der Waals surface area contributed by atoms with Crippen LogP contribution in [0.5, 0.6) is 0 Å². The van der Waals surface area contributed by atoms with Gasteiger partial charge in [0, 0.05) is 39.6 Å². The fourth-order valence-electron chi connectivity index (χ4n) is 7.18. The van der Waals surface area contributed by atoms with E-state index < -0.39 is 66.0 Å². The fraction of sp³-hybridized carbons (Fsp3) is 0.806. The number of ether oxygens (including phenoxy) is 1. The summed E-state index contributed by atoms with van der Waals surface area (Å²) in [6.07, 6.45) is 7.86. The number of carbonyl (C=O) groups is 6. The van der Waals surface area contributed by atoms with Gasteiger partial charge in [-0.15, -0.1) is 0 Å². The van der Waals surface area contributed by atoms with Gasteiger partial charge in [-0.05, 0) is 57.8 Å². The maximum absolute atomic E-state index is 13.9. The zero-order chi connectivity index (χ0) is 37.0. The molecule has 2 radical (unpaired) electrons. The zero-order valence-corrected chi connectivity index (χ0v) is 30.6. The van der Waals surface area contributed by atoms with Crippen LogP contribution in [0.4, 0.5) is 0 Å². The molecule has 1 saturated carbocycles. The first-order valence-electron chi connectivity index (χ1n) is 18.5. The van der Waals surface area contributed by atoms with Crippen LogP contribution in [-0.2, 0) is 33.5 Å². The molecule has 2 aliphatic heterocycles. The molecular weight excluding hydrogens is 644 g/mol. The third-order valence-electron chi connectivity index (χ3n) is 10.2. The van der Waals surface area contributed by atoms with E-state index in [1.807, 2.05) is 20.8 Å². The van der Waals surface area contributed by atoms with Gasteiger partial charge in [0.15, 0.2) is 0 Å². The van der Waals surface area contributed by atoms with Gasteiger partial charge in [-0.1, -0.05) is 52.9 Å². The van der Waals surface area contributed by atoms with Crippen LogP contribution in [0.25, 0.3) is 0 Å². The van der Waals surface area contributed by atoms with Crippen LogP contribution in [-0.4, -0.2) is 120 Å². The first kappa shape index (κ1) is 41.2. The van der Waals surface area contributed by atoms with Crippen molar-refractivity contribution in [3.63, 3.8) is 0 Å². The molecule has 7 atom stereocenters. The Labute approximate surface area is 297 Å². The second-order valence-corrected chi connectivity index (χ2v) is 14.5. The molecule has 5 N–H and O–H groups in total. The van der Waals surface area contributed by atoms with Gasteiger partial charge in [0.1, 0.15) is 30.2 Å². The Morgan fingerprint density at radius 1 is 0.840 bits per heavy atom. The third-order valence-corrected chi connectivity index (χ3v) is 10.2. The molecule has 3 fully saturated rings. The van der Waals surface area contributed by atoms with Crippen molar-refractivity contribution >= 4 is 35.4 Å². The van der Waals surface area contributed by atoms with Crippen molar-refractivity contribution in [3.8, 4) is 0 Å². The summed E-state index contributed by atoms with van der Waals surface area (Å²) in [5, 5.41) is 20.9. The number of methoxy groups -OCH3 is 1. The Bertz CT molecular complexity index is 1180. The summed E-state index contributed by atoms with van der Waals surface area (Å²) in [5.41, 5.74) is 0. The molecule has 2 saturated heterocycles. The molecule has 282 valence electrons. The summed E-state index contributed by atoms with van der Waals surface area (Å²) in [7, 11) is 1.45. The van der Waals surface area contributed by atoms with Gasteiger partial charge in [0.2, 0.25) is 35.4 Å². The van der Waals surface area contributed by atoms with Gasteiger partial charge in [-0.3, -0.25) is 28.8 Å². The molecule has 0 aromatic rings. The molecule has 0 bridgehead atoms. The van der Waals surface area contributed by atoms with Gasteiger partial charge in [-0.25, -0.2) is 0 Å². The summed E-state index contributed by atoms with van der Waals surface area (Å²) in [4.78, 5) is 82.8. The van der Waals surface area contributed by atoms with Crippen LogP contribution in [0, 0.1) is 18.8 Å². The van der Waals surface area contributed by atoms with Gasteiger partial charge in [0.05, 0.1) is 12.2 Å². The number of nitrogens with one attached hydrogen (secondary N) is 4. The molecule has 0 aromatic heterocycles. The van der Waals surface area contributed by atoms with Crippen molar-refractivity contribution in [3.05, 3.63) is 6.92 Å². The summed E-state index contributed by atoms with van der Waals surface area (Å²) in [5.74, 6) is -2.75. The van der Waals surface area contributed by atoms with Gasteiger partial charge < -0.3 is 40.9 Å². The monoisotopic (exact) mass is 704 g/mol. The highest BCUT2D eigenvalue weighted by Gasteiger charge is 2.44. The minimum Gasteiger partial charge on any atom is -0.391 e. The van der Waals surface area contributed by atoms with Crippen molar-refractivity contribution in [2.45, 2.75) is 147 Å². The molecule has 3 aliphatic rings. The first-order valence-corrected chi connectivity index (χ1v) is 18.5. The van der Waals surface area contributed by atoms with E-state index in [0.717, 1.165) is 19.3 Å². The van der Waals surface area contributed by atoms with Gasteiger partial charge >= 0.3 is 0 Å². The van der Waals surface area contributed by atoms with Crippen molar-refractivity contribution in [2.24, 2.45) is 11.8 Å². The lowest BCUT2D eigenvalue weighted by atomic mass is 9.86. The molecule has 1 aliphatic carbocycles. The smallest absolute Gasteiger partial charge is 0.246 e. The van der Waals surface area contributed by atoms with Crippen LogP contribution in [0.3, 0.4) is 0 Å². The van der Waals surface area contributed by atoms with Crippen LogP contribution >= 0.6 is 0 Å². The Morgan fingerprint density at radius 2 is 1.50 bits per heavy atom. The number of hydrogen-bond acceptors (Lipinski definition) is 8. The molecular formula is C36H60N6O8. The topological polar surface area (TPSA) is 186 Å². The standard InChI is InChI=1S/C36H60N6O8/c1-7-18-37-34(47)31(24(5)43)40-33(46)28-20-26(50-6)21-42(28)35(48)23(4)38-32(45)27-15-11-12-19-41(27)36(49)30(22(2)3)39-29(44)17-16-25-13-9-8-10-14-25/h4,22-28,30-31,43H,7-21H2,1-3,5-6H3,(H,37,47)(H,38,45)(H,39,44)(H,40,46)/t23-,24?,26+,27-,28-,30-,31-/m0/s1. The van der Waals surface area contributed by atoms with E-state index in [1.165, 1.54) is 43.1 Å². The number of hydrogen-bond donors (Lipinski definition) is 5. The second kappa shape index (κ2) is 20.0. The molecule has 3 rings (SSSR count). The van der Waals surface area contributed by atoms with E-state index in [2.05, 4.69) is 21.3 Å². The Hall–Kier alpha value is -3.26. The number of rotatable bonds is 16. The maximum atomic E-state index is 13.9. The number of amides is 6. The lowest BCUT2D eigenvalue weighted by Gasteiger charge is -2.38. The van der Waals surface area contributed by atoms with Crippen molar-refractivity contribution in [1.29, 1.82) is 0 Å². The summed E-state index contributed by atoms with van der Waals surface area (Å²) >= 11 is 0. The van der Waals surface area contributed by atoms with Crippen LogP contribution in [0.15, 0.2) is 0 Å². The SMILES string of the molecule is [CH][C@H](NC(=O)[C@@H]1CCCCN1C(=O)[C@@H](NC(=O)CCC1CCCCC1)C(C)C)C(=O)N1C[C@H](OC)C[C@H]1C(=O)N[C@H](C(=O)NCCC)C(C)O. The summed E-state index contributed by atoms with van der Waals surface area (Å²) in [6.45, 7) is 13.9. The van der Waals surface area contributed by atoms with Crippen molar-refractivity contribution in [1.82, 2.24) is 31.1 Å². The molecule has 6 amide bonds. The largest absolute Gasteiger partial charge is 0.391 e. The number of aliphatic hydroxyl groups is 1. The summed E-state index contributed by atoms with van der Waals surface area (Å²) in [6, 6.07) is -5.55. The Morgan fingerprint density at radius 3 is 2.12 bits per heavy atom. The maximum Gasteiger partial charge on any atom is 0.246 e. The van der Waals surface area contributed by atoms with Crippen molar-refractivity contribution < 1.29 is 38.6 Å². The fourth-order valence-corrected chi connectivity index (χ4v) is 7.18. The predicted molar refractivity (Wildman–Crippen MR) is 186 cm³/mol. The molecule has 14 nitrogen and oxygen atoms in total. The second-order valence-electron chi connectivity index (χ2n) is 14.5. The summed E-state index contributed by atoms with van der Waals surface area (Å²) < 4.78 is 5.43. The van der Waals surface area contributed by atoms with E-state index in [-0.39, 0.29) is 30.7 Å². The third kappa shape index (κ3) is 11.4.